The van der Waals surface area contributed by atoms with Crippen LogP contribution in [0.5, 0.6) is 0 Å². The van der Waals surface area contributed by atoms with Crippen molar-refractivity contribution in [2.45, 2.75) is 56.8 Å². The maximum absolute atomic E-state index is 11.5. The third kappa shape index (κ3) is 6.52. The van der Waals surface area contributed by atoms with Crippen LogP contribution in [-0.2, 0) is 28.9 Å². The standard InChI is InChI=1S/C20H29NO7S/c1-14(16-8-10-18(11-9-16)29(4,24)25)21-27-12-6-5-7-17-13-26-20(3,19(22)23)28-15(17)2/h8-11,15,17H,5-7,12-13H2,1-4H3,(H,22,23). The summed E-state index contributed by atoms with van der Waals surface area (Å²) in [7, 11) is -3.21. The fourth-order valence-electron chi connectivity index (χ4n) is 3.03. The number of hydrogen-bond acceptors (Lipinski definition) is 7. The minimum atomic E-state index is -3.21. The quantitative estimate of drug-likeness (QED) is 0.366. The lowest BCUT2D eigenvalue weighted by Crippen LogP contribution is -2.51. The smallest absolute Gasteiger partial charge is 0.364 e. The van der Waals surface area contributed by atoms with E-state index in [9.17, 15) is 13.2 Å². The van der Waals surface area contributed by atoms with Crippen LogP contribution in [0.2, 0.25) is 0 Å². The van der Waals surface area contributed by atoms with Crippen molar-refractivity contribution in [1.29, 1.82) is 0 Å². The first-order valence-electron chi connectivity index (χ1n) is 9.55. The molecule has 0 aromatic heterocycles. The number of nitrogens with zero attached hydrogens (tertiary/aromatic N) is 1. The molecule has 2 rings (SSSR count). The van der Waals surface area contributed by atoms with E-state index in [-0.39, 0.29) is 16.9 Å². The molecule has 3 atom stereocenters. The molecule has 0 bridgehead atoms. The summed E-state index contributed by atoms with van der Waals surface area (Å²) >= 11 is 0. The first-order valence-corrected chi connectivity index (χ1v) is 11.4. The van der Waals surface area contributed by atoms with Crippen molar-refractivity contribution in [2.75, 3.05) is 19.5 Å². The highest BCUT2D eigenvalue weighted by molar-refractivity contribution is 7.90. The van der Waals surface area contributed by atoms with Gasteiger partial charge in [-0.05, 0) is 50.8 Å². The number of oxime groups is 1. The molecule has 0 amide bonds. The number of carboxylic acid groups (broad SMARTS) is 1. The average Bonchev–Trinajstić information content (AvgIpc) is 2.65. The Balaban J connectivity index is 1.71. The first kappa shape index (κ1) is 23.3. The van der Waals surface area contributed by atoms with E-state index < -0.39 is 21.6 Å². The third-order valence-electron chi connectivity index (χ3n) is 5.00. The summed E-state index contributed by atoms with van der Waals surface area (Å²) in [4.78, 5) is 16.8. The van der Waals surface area contributed by atoms with Gasteiger partial charge < -0.3 is 19.4 Å². The van der Waals surface area contributed by atoms with Crippen molar-refractivity contribution < 1.29 is 32.6 Å². The van der Waals surface area contributed by atoms with Gasteiger partial charge in [0.2, 0.25) is 0 Å². The highest BCUT2D eigenvalue weighted by Crippen LogP contribution is 2.29. The Hall–Kier alpha value is -1.97. The van der Waals surface area contributed by atoms with E-state index in [4.69, 9.17) is 19.4 Å². The van der Waals surface area contributed by atoms with E-state index in [1.807, 2.05) is 6.92 Å². The second-order valence-corrected chi connectivity index (χ2v) is 9.46. The van der Waals surface area contributed by atoms with Crippen molar-refractivity contribution in [1.82, 2.24) is 0 Å². The SMILES string of the molecule is CC(=NOCCCCC1COC(C)(C(=O)O)OC1C)c1ccc(S(C)(=O)=O)cc1. The van der Waals surface area contributed by atoms with E-state index in [0.717, 1.165) is 24.8 Å². The molecule has 1 aliphatic heterocycles. The minimum Gasteiger partial charge on any atom is -0.477 e. The molecule has 1 fully saturated rings. The van der Waals surface area contributed by atoms with Crippen LogP contribution in [0.25, 0.3) is 0 Å². The zero-order valence-electron chi connectivity index (χ0n) is 17.3. The molecule has 8 nitrogen and oxygen atoms in total. The molecule has 1 aromatic carbocycles. The van der Waals surface area contributed by atoms with E-state index in [1.165, 1.54) is 13.2 Å². The fourth-order valence-corrected chi connectivity index (χ4v) is 3.66. The molecular weight excluding hydrogens is 398 g/mol. The van der Waals surface area contributed by atoms with Crippen molar-refractivity contribution >= 4 is 21.5 Å². The summed E-state index contributed by atoms with van der Waals surface area (Å²) in [5.74, 6) is -2.54. The second-order valence-electron chi connectivity index (χ2n) is 7.45. The van der Waals surface area contributed by atoms with Gasteiger partial charge in [-0.15, -0.1) is 0 Å². The average molecular weight is 428 g/mol. The molecule has 9 heteroatoms. The normalized spacial score (nSPS) is 25.6. The highest BCUT2D eigenvalue weighted by Gasteiger charge is 2.43. The number of unbranched alkanes of at least 4 members (excludes halogenated alkanes) is 1. The highest BCUT2D eigenvalue weighted by atomic mass is 32.2. The van der Waals surface area contributed by atoms with Crippen LogP contribution in [0.4, 0.5) is 0 Å². The molecule has 29 heavy (non-hydrogen) atoms. The maximum Gasteiger partial charge on any atom is 0.364 e. The summed E-state index contributed by atoms with van der Waals surface area (Å²) in [5.41, 5.74) is 1.46. The predicted octanol–water partition coefficient (Wildman–Crippen LogP) is 2.85. The molecule has 1 heterocycles. The van der Waals surface area contributed by atoms with E-state index in [2.05, 4.69) is 5.16 Å². The molecule has 162 valence electrons. The second kappa shape index (κ2) is 9.69. The summed E-state index contributed by atoms with van der Waals surface area (Å²) in [6.07, 6.45) is 3.49. The van der Waals surface area contributed by atoms with Gasteiger partial charge in [-0.1, -0.05) is 17.3 Å². The molecule has 1 N–H and O–H groups in total. The number of sulfone groups is 1. The zero-order chi connectivity index (χ0) is 21.7. The van der Waals surface area contributed by atoms with E-state index >= 15 is 0 Å². The molecule has 1 aliphatic rings. The Kier molecular flexibility index (Phi) is 7.79. The van der Waals surface area contributed by atoms with Gasteiger partial charge in [0.15, 0.2) is 9.84 Å². The van der Waals surface area contributed by atoms with Crippen LogP contribution >= 0.6 is 0 Å². The lowest BCUT2D eigenvalue weighted by molar-refractivity contribution is -0.292. The van der Waals surface area contributed by atoms with Crippen LogP contribution in [0.1, 0.15) is 45.6 Å². The number of carbonyl (C=O) groups is 1. The van der Waals surface area contributed by atoms with Gasteiger partial charge in [0.05, 0.1) is 23.3 Å². The summed E-state index contributed by atoms with van der Waals surface area (Å²) in [6, 6.07) is 6.50. The number of aliphatic carboxylic acids is 1. The van der Waals surface area contributed by atoms with Crippen molar-refractivity contribution in [2.24, 2.45) is 11.1 Å². The van der Waals surface area contributed by atoms with Crippen LogP contribution in [0.15, 0.2) is 34.3 Å². The molecule has 0 spiro atoms. The molecule has 1 aromatic rings. The molecule has 3 unspecified atom stereocenters. The molecule has 0 radical (unpaired) electrons. The predicted molar refractivity (Wildman–Crippen MR) is 108 cm³/mol. The Morgan fingerprint density at radius 2 is 1.97 bits per heavy atom. The lowest BCUT2D eigenvalue weighted by atomic mass is 9.96. The molecule has 0 saturated carbocycles. The van der Waals surface area contributed by atoms with Crippen LogP contribution in [0.3, 0.4) is 0 Å². The number of hydrogen-bond donors (Lipinski definition) is 1. The number of rotatable bonds is 9. The Bertz CT molecular complexity index is 835. The topological polar surface area (TPSA) is 111 Å². The number of carboxylic acids is 1. The molecule has 1 saturated heterocycles. The minimum absolute atomic E-state index is 0.140. The summed E-state index contributed by atoms with van der Waals surface area (Å²) < 4.78 is 33.9. The van der Waals surface area contributed by atoms with Crippen molar-refractivity contribution in [3.8, 4) is 0 Å². The summed E-state index contributed by atoms with van der Waals surface area (Å²) in [5, 5.41) is 13.2. The lowest BCUT2D eigenvalue weighted by Gasteiger charge is -2.39. The Morgan fingerprint density at radius 3 is 2.52 bits per heavy atom. The largest absolute Gasteiger partial charge is 0.477 e. The number of ether oxygens (including phenoxy) is 2. The van der Waals surface area contributed by atoms with Gasteiger partial charge in [0, 0.05) is 19.1 Å². The van der Waals surface area contributed by atoms with Crippen LogP contribution in [0, 0.1) is 5.92 Å². The van der Waals surface area contributed by atoms with Gasteiger partial charge in [-0.3, -0.25) is 0 Å². The van der Waals surface area contributed by atoms with Gasteiger partial charge >= 0.3 is 5.97 Å². The van der Waals surface area contributed by atoms with Gasteiger partial charge in [0.1, 0.15) is 6.61 Å². The van der Waals surface area contributed by atoms with Crippen molar-refractivity contribution in [3.05, 3.63) is 29.8 Å². The van der Waals surface area contributed by atoms with E-state index in [0.29, 0.717) is 18.9 Å². The monoisotopic (exact) mass is 427 g/mol. The van der Waals surface area contributed by atoms with Gasteiger partial charge in [0.25, 0.3) is 5.79 Å². The first-order chi connectivity index (χ1) is 13.5. The third-order valence-corrected chi connectivity index (χ3v) is 6.13. The molecule has 0 aliphatic carbocycles. The Morgan fingerprint density at radius 1 is 1.31 bits per heavy atom. The van der Waals surface area contributed by atoms with Crippen LogP contribution in [-0.4, -0.2) is 56.6 Å². The van der Waals surface area contributed by atoms with E-state index in [1.54, 1.807) is 31.2 Å². The van der Waals surface area contributed by atoms with Crippen LogP contribution < -0.4 is 0 Å². The molecular formula is C20H29NO7S. The fraction of sp³-hybridized carbons (Fsp3) is 0.600. The van der Waals surface area contributed by atoms with Gasteiger partial charge in [-0.25, -0.2) is 13.2 Å². The summed E-state index contributed by atoms with van der Waals surface area (Å²) in [6.45, 7) is 5.89. The Labute approximate surface area is 171 Å². The number of benzene rings is 1. The van der Waals surface area contributed by atoms with Crippen molar-refractivity contribution in [3.63, 3.8) is 0 Å². The maximum atomic E-state index is 11.5. The zero-order valence-corrected chi connectivity index (χ0v) is 18.1. The van der Waals surface area contributed by atoms with Gasteiger partial charge in [-0.2, -0.15) is 0 Å².